The number of benzene rings is 3. The standard InChI is InChI=1S/C30H35ClN2O2S/c1-30(2,3)32-29(35)27(20-23-10-6-4-7-11-23)33(21-24-14-16-26(31)17-15-24)28(34)18-19-36-22-25-12-8-5-9-13-25/h4-17,27H,18-22H2,1-3H3,(H,32,35)/t27-/m1/s1. The quantitative estimate of drug-likeness (QED) is 0.292. The van der Waals surface area contributed by atoms with Gasteiger partial charge in [-0.25, -0.2) is 0 Å². The van der Waals surface area contributed by atoms with Crippen LogP contribution in [0.5, 0.6) is 0 Å². The molecule has 6 heteroatoms. The summed E-state index contributed by atoms with van der Waals surface area (Å²) in [6, 6.07) is 26.9. The number of amides is 2. The summed E-state index contributed by atoms with van der Waals surface area (Å²) in [7, 11) is 0. The highest BCUT2D eigenvalue weighted by atomic mass is 35.5. The molecule has 0 aromatic heterocycles. The molecule has 0 bridgehead atoms. The Hall–Kier alpha value is -2.76. The van der Waals surface area contributed by atoms with Crippen molar-refractivity contribution in [2.45, 2.75) is 57.5 Å². The Labute approximate surface area is 224 Å². The third-order valence-electron chi connectivity index (χ3n) is 5.61. The first kappa shape index (κ1) is 27.8. The fraction of sp³-hybridized carbons (Fsp3) is 0.333. The Morgan fingerprint density at radius 2 is 1.44 bits per heavy atom. The van der Waals surface area contributed by atoms with E-state index in [1.165, 1.54) is 5.56 Å². The van der Waals surface area contributed by atoms with Crippen molar-refractivity contribution in [3.63, 3.8) is 0 Å². The molecule has 0 aliphatic rings. The van der Waals surface area contributed by atoms with Crippen LogP contribution in [0.2, 0.25) is 5.02 Å². The first-order valence-corrected chi connectivity index (χ1v) is 13.8. The van der Waals surface area contributed by atoms with Gasteiger partial charge in [-0.15, -0.1) is 0 Å². The summed E-state index contributed by atoms with van der Waals surface area (Å²) >= 11 is 7.82. The van der Waals surface area contributed by atoms with Gasteiger partial charge in [0.05, 0.1) is 0 Å². The minimum Gasteiger partial charge on any atom is -0.350 e. The van der Waals surface area contributed by atoms with Crippen LogP contribution in [0.15, 0.2) is 84.9 Å². The van der Waals surface area contributed by atoms with Crippen LogP contribution in [0.25, 0.3) is 0 Å². The highest BCUT2D eigenvalue weighted by Gasteiger charge is 2.32. The van der Waals surface area contributed by atoms with E-state index < -0.39 is 11.6 Å². The van der Waals surface area contributed by atoms with Gasteiger partial charge in [-0.05, 0) is 49.6 Å². The molecule has 36 heavy (non-hydrogen) atoms. The van der Waals surface area contributed by atoms with Gasteiger partial charge < -0.3 is 10.2 Å². The smallest absolute Gasteiger partial charge is 0.243 e. The lowest BCUT2D eigenvalue weighted by atomic mass is 10.0. The largest absolute Gasteiger partial charge is 0.350 e. The Balaban J connectivity index is 1.81. The first-order valence-electron chi connectivity index (χ1n) is 12.2. The van der Waals surface area contributed by atoms with Crippen LogP contribution in [0.4, 0.5) is 0 Å². The fourth-order valence-electron chi connectivity index (χ4n) is 3.86. The molecule has 0 fully saturated rings. The number of rotatable bonds is 11. The number of thioether (sulfide) groups is 1. The summed E-state index contributed by atoms with van der Waals surface area (Å²) in [5.74, 6) is 1.36. The third kappa shape index (κ3) is 9.36. The van der Waals surface area contributed by atoms with E-state index in [1.807, 2.05) is 93.6 Å². The van der Waals surface area contributed by atoms with Crippen molar-refractivity contribution in [3.8, 4) is 0 Å². The Morgan fingerprint density at radius 3 is 2.03 bits per heavy atom. The van der Waals surface area contributed by atoms with Crippen LogP contribution < -0.4 is 5.32 Å². The number of nitrogens with one attached hydrogen (secondary N) is 1. The number of carbonyl (C=O) groups is 2. The molecular formula is C30H35ClN2O2S. The molecule has 0 aliphatic carbocycles. The van der Waals surface area contributed by atoms with Gasteiger partial charge >= 0.3 is 0 Å². The van der Waals surface area contributed by atoms with E-state index in [0.29, 0.717) is 30.2 Å². The molecule has 0 unspecified atom stereocenters. The van der Waals surface area contributed by atoms with Crippen molar-refractivity contribution >= 4 is 35.2 Å². The lowest BCUT2D eigenvalue weighted by molar-refractivity contribution is -0.141. The van der Waals surface area contributed by atoms with Crippen LogP contribution in [0, 0.1) is 0 Å². The second-order valence-corrected chi connectivity index (χ2v) is 11.4. The maximum atomic E-state index is 13.6. The molecular weight excluding hydrogens is 488 g/mol. The fourth-order valence-corrected chi connectivity index (χ4v) is 4.88. The zero-order valence-corrected chi connectivity index (χ0v) is 22.8. The summed E-state index contributed by atoms with van der Waals surface area (Å²) in [6.45, 7) is 6.20. The number of hydrogen-bond acceptors (Lipinski definition) is 3. The summed E-state index contributed by atoms with van der Waals surface area (Å²) in [6.07, 6.45) is 0.804. The molecule has 0 aliphatic heterocycles. The number of nitrogens with zero attached hydrogens (tertiary/aromatic N) is 1. The lowest BCUT2D eigenvalue weighted by Crippen LogP contribution is -2.54. The Bertz CT molecular complexity index is 1100. The molecule has 190 valence electrons. The lowest BCUT2D eigenvalue weighted by Gasteiger charge is -2.34. The summed E-state index contributed by atoms with van der Waals surface area (Å²) in [5, 5.41) is 3.74. The number of halogens is 1. The molecule has 3 aromatic carbocycles. The van der Waals surface area contributed by atoms with Crippen LogP contribution in [0.1, 0.15) is 43.9 Å². The number of hydrogen-bond donors (Lipinski definition) is 1. The molecule has 0 saturated carbocycles. The first-order chi connectivity index (χ1) is 17.2. The molecule has 0 radical (unpaired) electrons. The summed E-state index contributed by atoms with van der Waals surface area (Å²) in [5.41, 5.74) is 2.77. The minimum absolute atomic E-state index is 0.0319. The van der Waals surface area contributed by atoms with E-state index >= 15 is 0 Å². The average Bonchev–Trinajstić information content (AvgIpc) is 2.85. The van der Waals surface area contributed by atoms with Crippen LogP contribution >= 0.6 is 23.4 Å². The van der Waals surface area contributed by atoms with Crippen LogP contribution in [-0.2, 0) is 28.3 Å². The predicted octanol–water partition coefficient (Wildman–Crippen LogP) is 6.52. The topological polar surface area (TPSA) is 49.4 Å². The number of carbonyl (C=O) groups excluding carboxylic acids is 2. The molecule has 1 N–H and O–H groups in total. The molecule has 3 aromatic rings. The van der Waals surface area contributed by atoms with Crippen molar-refractivity contribution in [2.24, 2.45) is 0 Å². The zero-order chi connectivity index (χ0) is 26.0. The van der Waals surface area contributed by atoms with E-state index in [4.69, 9.17) is 11.6 Å². The maximum absolute atomic E-state index is 13.6. The van der Waals surface area contributed by atoms with Gasteiger partial charge in [0, 0.05) is 41.5 Å². The second kappa shape index (κ2) is 13.5. The average molecular weight is 523 g/mol. The monoisotopic (exact) mass is 522 g/mol. The normalized spacial score (nSPS) is 12.1. The van der Waals surface area contributed by atoms with Gasteiger partial charge in [0.2, 0.25) is 11.8 Å². The van der Waals surface area contributed by atoms with Gasteiger partial charge in [0.1, 0.15) is 6.04 Å². The maximum Gasteiger partial charge on any atom is 0.243 e. The molecule has 0 heterocycles. The van der Waals surface area contributed by atoms with Crippen molar-refractivity contribution in [1.82, 2.24) is 10.2 Å². The SMILES string of the molecule is CC(C)(C)NC(=O)[C@@H](Cc1ccccc1)N(Cc1ccc(Cl)cc1)C(=O)CCSCc1ccccc1. The van der Waals surface area contributed by atoms with Gasteiger partial charge in [0.25, 0.3) is 0 Å². The van der Waals surface area contributed by atoms with Gasteiger partial charge in [0.15, 0.2) is 0 Å². The molecule has 1 atom stereocenters. The van der Waals surface area contributed by atoms with E-state index in [0.717, 1.165) is 16.9 Å². The minimum atomic E-state index is -0.631. The van der Waals surface area contributed by atoms with E-state index in [-0.39, 0.29) is 11.8 Å². The molecule has 0 spiro atoms. The van der Waals surface area contributed by atoms with E-state index in [9.17, 15) is 9.59 Å². The summed E-state index contributed by atoms with van der Waals surface area (Å²) in [4.78, 5) is 28.9. The Morgan fingerprint density at radius 1 is 0.861 bits per heavy atom. The zero-order valence-electron chi connectivity index (χ0n) is 21.2. The van der Waals surface area contributed by atoms with Gasteiger partial charge in [-0.3, -0.25) is 9.59 Å². The van der Waals surface area contributed by atoms with Crippen LogP contribution in [0.3, 0.4) is 0 Å². The van der Waals surface area contributed by atoms with Crippen molar-refractivity contribution in [2.75, 3.05) is 5.75 Å². The highest BCUT2D eigenvalue weighted by molar-refractivity contribution is 7.98. The van der Waals surface area contributed by atoms with E-state index in [2.05, 4.69) is 17.4 Å². The van der Waals surface area contributed by atoms with Gasteiger partial charge in [-0.2, -0.15) is 11.8 Å². The van der Waals surface area contributed by atoms with Gasteiger partial charge in [-0.1, -0.05) is 84.4 Å². The van der Waals surface area contributed by atoms with E-state index in [1.54, 1.807) is 16.7 Å². The van der Waals surface area contributed by atoms with Crippen molar-refractivity contribution in [1.29, 1.82) is 0 Å². The van der Waals surface area contributed by atoms with Crippen molar-refractivity contribution < 1.29 is 9.59 Å². The Kier molecular flexibility index (Phi) is 10.4. The molecule has 2 amide bonds. The second-order valence-electron chi connectivity index (χ2n) is 9.88. The highest BCUT2D eigenvalue weighted by Crippen LogP contribution is 2.20. The summed E-state index contributed by atoms with van der Waals surface area (Å²) < 4.78 is 0. The molecule has 3 rings (SSSR count). The van der Waals surface area contributed by atoms with Crippen LogP contribution in [-0.4, -0.2) is 34.0 Å². The van der Waals surface area contributed by atoms with Crippen molar-refractivity contribution in [3.05, 3.63) is 107 Å². The molecule has 4 nitrogen and oxygen atoms in total. The predicted molar refractivity (Wildman–Crippen MR) is 151 cm³/mol. The molecule has 0 saturated heterocycles. The third-order valence-corrected chi connectivity index (χ3v) is 6.89.